The van der Waals surface area contributed by atoms with E-state index < -0.39 is 17.5 Å². The van der Waals surface area contributed by atoms with Gasteiger partial charge in [0.15, 0.2) is 0 Å². The van der Waals surface area contributed by atoms with E-state index in [1.165, 1.54) is 0 Å². The number of benzene rings is 1. The summed E-state index contributed by atoms with van der Waals surface area (Å²) >= 11 is 0. The van der Waals surface area contributed by atoms with Crippen LogP contribution in [0.3, 0.4) is 0 Å². The lowest BCUT2D eigenvalue weighted by atomic mass is 9.73. The first kappa shape index (κ1) is 17.3. The Morgan fingerprint density at radius 1 is 1.27 bits per heavy atom. The molecule has 1 saturated carbocycles. The van der Waals surface area contributed by atoms with E-state index >= 15 is 0 Å². The van der Waals surface area contributed by atoms with Crippen molar-refractivity contribution in [3.63, 3.8) is 0 Å². The van der Waals surface area contributed by atoms with E-state index in [1.807, 2.05) is 33.7 Å². The van der Waals surface area contributed by atoms with Gasteiger partial charge in [0.1, 0.15) is 5.41 Å². The molecule has 0 spiro atoms. The van der Waals surface area contributed by atoms with Crippen LogP contribution < -0.4 is 4.90 Å². The topological polar surface area (TPSA) is 98.8 Å². The second kappa shape index (κ2) is 6.55. The maximum absolute atomic E-state index is 12.2. The van der Waals surface area contributed by atoms with Crippen LogP contribution in [-0.4, -0.2) is 56.6 Å². The number of carboxylic acid groups (broad SMARTS) is 1. The molecule has 1 aromatic heterocycles. The summed E-state index contributed by atoms with van der Waals surface area (Å²) in [5, 5.41) is 30.0. The third kappa shape index (κ3) is 2.85. The van der Waals surface area contributed by atoms with Crippen LogP contribution in [0.2, 0.25) is 0 Å². The van der Waals surface area contributed by atoms with Gasteiger partial charge in [0.25, 0.3) is 0 Å². The zero-order valence-corrected chi connectivity index (χ0v) is 14.7. The zero-order chi connectivity index (χ0) is 18.3. The standard InChI is InChI=1S/C19H25N3O4/c23-10-9-22-15-4-2-1-3-14(15)20-18(22)21-8-7-16(24)19(12-21,17(25)26)11-13-5-6-13/h1-4,13,16,23-24H,5-12H2,(H,25,26)/t16-,19+/m1/s1. The van der Waals surface area contributed by atoms with Crippen LogP contribution in [0, 0.1) is 11.3 Å². The summed E-state index contributed by atoms with van der Waals surface area (Å²) < 4.78 is 1.94. The lowest BCUT2D eigenvalue weighted by molar-refractivity contribution is -0.158. The molecule has 2 heterocycles. The molecule has 2 aliphatic rings. The van der Waals surface area contributed by atoms with Crippen molar-refractivity contribution in [3.8, 4) is 0 Å². The minimum Gasteiger partial charge on any atom is -0.481 e. The van der Waals surface area contributed by atoms with Crippen LogP contribution in [0.5, 0.6) is 0 Å². The van der Waals surface area contributed by atoms with E-state index in [-0.39, 0.29) is 13.2 Å². The molecule has 0 bridgehead atoms. The Kier molecular flexibility index (Phi) is 4.36. The van der Waals surface area contributed by atoms with E-state index in [9.17, 15) is 20.1 Å². The van der Waals surface area contributed by atoms with Gasteiger partial charge in [0.05, 0.1) is 23.7 Å². The number of carbonyl (C=O) groups is 1. The van der Waals surface area contributed by atoms with Gasteiger partial charge in [0.2, 0.25) is 5.95 Å². The Bertz CT molecular complexity index is 816. The van der Waals surface area contributed by atoms with Gasteiger partial charge in [0, 0.05) is 19.6 Å². The van der Waals surface area contributed by atoms with Crippen LogP contribution in [0.1, 0.15) is 25.7 Å². The summed E-state index contributed by atoms with van der Waals surface area (Å²) in [6.45, 7) is 1.18. The van der Waals surface area contributed by atoms with Gasteiger partial charge in [-0.15, -0.1) is 0 Å². The van der Waals surface area contributed by atoms with Gasteiger partial charge in [-0.1, -0.05) is 25.0 Å². The van der Waals surface area contributed by atoms with Crippen molar-refractivity contribution < 1.29 is 20.1 Å². The normalized spacial score (nSPS) is 26.4. The first-order valence-corrected chi connectivity index (χ1v) is 9.28. The number of carboxylic acids is 1. The summed E-state index contributed by atoms with van der Waals surface area (Å²) in [5.74, 6) is 0.150. The van der Waals surface area contributed by atoms with Gasteiger partial charge in [-0.25, -0.2) is 4.98 Å². The smallest absolute Gasteiger partial charge is 0.314 e. The monoisotopic (exact) mass is 359 g/mol. The lowest BCUT2D eigenvalue weighted by Gasteiger charge is -2.44. The molecule has 0 radical (unpaired) electrons. The number of hydrogen-bond donors (Lipinski definition) is 3. The molecule has 2 aromatic rings. The SMILES string of the molecule is O=C(O)[C@@]1(CC2CC2)CN(c2nc3ccccc3n2CCO)CC[C@H]1O. The summed E-state index contributed by atoms with van der Waals surface area (Å²) in [5.41, 5.74) is 0.595. The van der Waals surface area contributed by atoms with E-state index in [0.29, 0.717) is 37.8 Å². The maximum atomic E-state index is 12.2. The predicted octanol–water partition coefficient (Wildman–Crippen LogP) is 1.47. The number of nitrogens with zero attached hydrogens (tertiary/aromatic N) is 3. The lowest BCUT2D eigenvalue weighted by Crippen LogP contribution is -2.56. The second-order valence-electron chi connectivity index (χ2n) is 7.61. The second-order valence-corrected chi connectivity index (χ2v) is 7.61. The summed E-state index contributed by atoms with van der Waals surface area (Å²) in [6, 6.07) is 7.71. The Morgan fingerprint density at radius 3 is 2.73 bits per heavy atom. The molecular formula is C19H25N3O4. The van der Waals surface area contributed by atoms with Crippen LogP contribution >= 0.6 is 0 Å². The fourth-order valence-electron chi connectivity index (χ4n) is 4.21. The molecule has 2 fully saturated rings. The average molecular weight is 359 g/mol. The molecule has 1 aliphatic carbocycles. The Hall–Kier alpha value is -2.12. The number of aliphatic hydroxyl groups is 2. The van der Waals surface area contributed by atoms with Crippen LogP contribution in [-0.2, 0) is 11.3 Å². The number of aromatic nitrogens is 2. The number of aliphatic carboxylic acids is 1. The molecular weight excluding hydrogens is 334 g/mol. The first-order chi connectivity index (χ1) is 12.5. The van der Waals surface area contributed by atoms with Crippen LogP contribution in [0.4, 0.5) is 5.95 Å². The van der Waals surface area contributed by atoms with Gasteiger partial charge < -0.3 is 24.8 Å². The number of imidazole rings is 1. The minimum absolute atomic E-state index is 0.0179. The van der Waals surface area contributed by atoms with Crippen LogP contribution in [0.25, 0.3) is 11.0 Å². The maximum Gasteiger partial charge on any atom is 0.314 e. The molecule has 0 unspecified atom stereocenters. The summed E-state index contributed by atoms with van der Waals surface area (Å²) in [7, 11) is 0. The number of anilines is 1. The Morgan fingerprint density at radius 2 is 2.04 bits per heavy atom. The number of piperidine rings is 1. The van der Waals surface area contributed by atoms with Crippen molar-refractivity contribution in [3.05, 3.63) is 24.3 Å². The third-order valence-corrected chi connectivity index (χ3v) is 5.80. The van der Waals surface area contributed by atoms with Crippen molar-refractivity contribution in [1.29, 1.82) is 0 Å². The Labute approximate surface area is 151 Å². The van der Waals surface area contributed by atoms with Crippen molar-refractivity contribution in [2.24, 2.45) is 11.3 Å². The quantitative estimate of drug-likeness (QED) is 0.722. The largest absolute Gasteiger partial charge is 0.481 e. The van der Waals surface area contributed by atoms with E-state index in [1.54, 1.807) is 0 Å². The van der Waals surface area contributed by atoms with Gasteiger partial charge in [-0.05, 0) is 30.9 Å². The highest BCUT2D eigenvalue weighted by atomic mass is 16.4. The highest BCUT2D eigenvalue weighted by molar-refractivity contribution is 5.80. The number of aliphatic hydroxyl groups excluding tert-OH is 2. The molecule has 140 valence electrons. The molecule has 4 rings (SSSR count). The fourth-order valence-corrected chi connectivity index (χ4v) is 4.21. The minimum atomic E-state index is -1.15. The van der Waals surface area contributed by atoms with Gasteiger partial charge >= 0.3 is 5.97 Å². The predicted molar refractivity (Wildman–Crippen MR) is 97.1 cm³/mol. The molecule has 1 aromatic carbocycles. The molecule has 7 heteroatoms. The molecule has 26 heavy (non-hydrogen) atoms. The average Bonchev–Trinajstić information content (AvgIpc) is 3.37. The highest BCUT2D eigenvalue weighted by Crippen LogP contribution is 2.45. The van der Waals surface area contributed by atoms with Gasteiger partial charge in [-0.3, -0.25) is 4.79 Å². The zero-order valence-electron chi connectivity index (χ0n) is 14.7. The summed E-state index contributed by atoms with van der Waals surface area (Å²) in [6.07, 6.45) is 2.17. The number of fused-ring (bicyclic) bond motifs is 1. The molecule has 2 atom stereocenters. The van der Waals surface area contributed by atoms with Crippen molar-refractivity contribution in [2.75, 3.05) is 24.6 Å². The first-order valence-electron chi connectivity index (χ1n) is 9.28. The van der Waals surface area contributed by atoms with E-state index in [4.69, 9.17) is 4.98 Å². The fraction of sp³-hybridized carbons (Fsp3) is 0.579. The third-order valence-electron chi connectivity index (χ3n) is 5.80. The molecule has 0 amide bonds. The van der Waals surface area contributed by atoms with E-state index in [0.717, 1.165) is 23.9 Å². The molecule has 7 nitrogen and oxygen atoms in total. The number of rotatable bonds is 6. The highest BCUT2D eigenvalue weighted by Gasteiger charge is 2.52. The molecule has 1 saturated heterocycles. The van der Waals surface area contributed by atoms with Crippen LogP contribution in [0.15, 0.2) is 24.3 Å². The molecule has 1 aliphatic heterocycles. The van der Waals surface area contributed by atoms with Crippen molar-refractivity contribution >= 4 is 23.0 Å². The summed E-state index contributed by atoms with van der Waals surface area (Å²) in [4.78, 5) is 18.8. The van der Waals surface area contributed by atoms with Gasteiger partial charge in [-0.2, -0.15) is 0 Å². The molecule has 3 N–H and O–H groups in total. The number of hydrogen-bond acceptors (Lipinski definition) is 5. The van der Waals surface area contributed by atoms with E-state index in [2.05, 4.69) is 0 Å². The van der Waals surface area contributed by atoms with Crippen molar-refractivity contribution in [1.82, 2.24) is 9.55 Å². The Balaban J connectivity index is 1.72. The number of para-hydroxylation sites is 2. The van der Waals surface area contributed by atoms with Crippen molar-refractivity contribution in [2.45, 2.75) is 38.3 Å².